The van der Waals surface area contributed by atoms with Gasteiger partial charge in [-0.25, -0.2) is 4.39 Å². The molecule has 0 radical (unpaired) electrons. The summed E-state index contributed by atoms with van der Waals surface area (Å²) in [4.78, 5) is 24.6. The topological polar surface area (TPSA) is 58.2 Å². The van der Waals surface area contributed by atoms with Gasteiger partial charge in [-0.15, -0.1) is 0 Å². The van der Waals surface area contributed by atoms with Crippen LogP contribution in [0.5, 0.6) is 0 Å². The monoisotopic (exact) mass is 416 g/mol. The lowest BCUT2D eigenvalue weighted by Gasteiger charge is -2.09. The quantitative estimate of drug-likeness (QED) is 0.571. The summed E-state index contributed by atoms with van der Waals surface area (Å²) < 4.78 is 13.2. The van der Waals surface area contributed by atoms with Crippen molar-refractivity contribution >= 4 is 46.4 Å². The smallest absolute Gasteiger partial charge is 0.255 e. The molecule has 3 rings (SSSR count). The maximum Gasteiger partial charge on any atom is 0.255 e. The van der Waals surface area contributed by atoms with Crippen LogP contribution in [0.2, 0.25) is 10.0 Å². The maximum atomic E-state index is 13.2. The molecule has 0 heterocycles. The van der Waals surface area contributed by atoms with Crippen LogP contribution in [0.3, 0.4) is 0 Å². The van der Waals surface area contributed by atoms with Crippen LogP contribution in [-0.2, 0) is 11.2 Å². The molecule has 0 unspecified atom stereocenters. The van der Waals surface area contributed by atoms with E-state index in [1.807, 2.05) is 0 Å². The van der Waals surface area contributed by atoms with Gasteiger partial charge in [-0.2, -0.15) is 0 Å². The fourth-order valence-corrected chi connectivity index (χ4v) is 2.81. The van der Waals surface area contributed by atoms with E-state index in [4.69, 9.17) is 23.2 Å². The Morgan fingerprint density at radius 2 is 1.57 bits per heavy atom. The van der Waals surface area contributed by atoms with E-state index in [1.165, 1.54) is 18.2 Å². The van der Waals surface area contributed by atoms with Gasteiger partial charge in [0.25, 0.3) is 5.91 Å². The highest BCUT2D eigenvalue weighted by Gasteiger charge is 2.10. The SMILES string of the molecule is O=C(Cc1ccc(Cl)cc1)Nc1cccc(C(=O)Nc2ccc(F)c(Cl)c2)c1. The van der Waals surface area contributed by atoms with E-state index in [9.17, 15) is 14.0 Å². The summed E-state index contributed by atoms with van der Waals surface area (Å²) in [5, 5.41) is 5.91. The molecule has 2 amide bonds. The van der Waals surface area contributed by atoms with E-state index in [0.717, 1.165) is 5.56 Å². The fourth-order valence-electron chi connectivity index (χ4n) is 2.51. The molecule has 3 aromatic carbocycles. The van der Waals surface area contributed by atoms with E-state index in [1.54, 1.807) is 48.5 Å². The van der Waals surface area contributed by atoms with Gasteiger partial charge in [-0.05, 0) is 54.1 Å². The number of anilines is 2. The van der Waals surface area contributed by atoms with Crippen molar-refractivity contribution in [2.75, 3.05) is 10.6 Å². The second-order valence-electron chi connectivity index (χ2n) is 6.02. The van der Waals surface area contributed by atoms with E-state index < -0.39 is 11.7 Å². The average molecular weight is 417 g/mol. The Hall–Kier alpha value is -2.89. The van der Waals surface area contributed by atoms with Gasteiger partial charge in [0, 0.05) is 22.0 Å². The van der Waals surface area contributed by atoms with Gasteiger partial charge in [0.1, 0.15) is 5.82 Å². The predicted octanol–water partition coefficient (Wildman–Crippen LogP) is 5.57. The van der Waals surface area contributed by atoms with Crippen LogP contribution < -0.4 is 10.6 Å². The van der Waals surface area contributed by atoms with E-state index >= 15 is 0 Å². The number of hydrogen-bond acceptors (Lipinski definition) is 2. The summed E-state index contributed by atoms with van der Waals surface area (Å²) in [5.41, 5.74) is 2.02. The van der Waals surface area contributed by atoms with Crippen LogP contribution in [0.1, 0.15) is 15.9 Å². The van der Waals surface area contributed by atoms with E-state index in [-0.39, 0.29) is 17.4 Å². The molecule has 0 saturated heterocycles. The zero-order chi connectivity index (χ0) is 20.1. The van der Waals surface area contributed by atoms with Crippen LogP contribution >= 0.6 is 23.2 Å². The van der Waals surface area contributed by atoms with Gasteiger partial charge in [-0.3, -0.25) is 9.59 Å². The first kappa shape index (κ1) is 19.9. The van der Waals surface area contributed by atoms with E-state index in [2.05, 4.69) is 10.6 Å². The maximum absolute atomic E-state index is 13.2. The van der Waals surface area contributed by atoms with Crippen molar-refractivity contribution in [3.63, 3.8) is 0 Å². The minimum Gasteiger partial charge on any atom is -0.326 e. The molecule has 3 aromatic rings. The summed E-state index contributed by atoms with van der Waals surface area (Å²) in [6, 6.07) is 17.4. The number of carbonyl (C=O) groups is 2. The Labute approximate surface area is 171 Å². The molecular formula is C21H15Cl2FN2O2. The largest absolute Gasteiger partial charge is 0.326 e. The summed E-state index contributed by atoms with van der Waals surface area (Å²) >= 11 is 11.6. The Balaban J connectivity index is 1.65. The van der Waals surface area contributed by atoms with Crippen molar-refractivity contribution in [2.45, 2.75) is 6.42 Å². The number of rotatable bonds is 5. The highest BCUT2D eigenvalue weighted by Crippen LogP contribution is 2.20. The summed E-state index contributed by atoms with van der Waals surface area (Å²) in [6.07, 6.45) is 0.182. The molecule has 0 spiro atoms. The number of nitrogens with one attached hydrogen (secondary N) is 2. The van der Waals surface area contributed by atoms with E-state index in [0.29, 0.717) is 22.0 Å². The number of benzene rings is 3. The third-order valence-corrected chi connectivity index (χ3v) is 4.41. The van der Waals surface area contributed by atoms with Gasteiger partial charge in [-0.1, -0.05) is 41.4 Å². The molecule has 0 bridgehead atoms. The molecule has 0 aliphatic heterocycles. The molecule has 0 saturated carbocycles. The van der Waals surface area contributed by atoms with Gasteiger partial charge < -0.3 is 10.6 Å². The minimum atomic E-state index is -0.565. The molecule has 28 heavy (non-hydrogen) atoms. The van der Waals surface area contributed by atoms with Crippen LogP contribution in [-0.4, -0.2) is 11.8 Å². The Kier molecular flexibility index (Phi) is 6.29. The highest BCUT2D eigenvalue weighted by atomic mass is 35.5. The molecule has 142 valence electrons. The molecule has 4 nitrogen and oxygen atoms in total. The molecule has 0 fully saturated rings. The predicted molar refractivity (Wildman–Crippen MR) is 110 cm³/mol. The molecular weight excluding hydrogens is 402 g/mol. The summed E-state index contributed by atoms with van der Waals surface area (Å²) in [7, 11) is 0. The number of hydrogen-bond donors (Lipinski definition) is 2. The number of halogens is 3. The lowest BCUT2D eigenvalue weighted by Crippen LogP contribution is -2.16. The van der Waals surface area contributed by atoms with Gasteiger partial charge in [0.2, 0.25) is 5.91 Å². The van der Waals surface area contributed by atoms with Crippen LogP contribution in [0.4, 0.5) is 15.8 Å². The van der Waals surface area contributed by atoms with Gasteiger partial charge in [0.15, 0.2) is 0 Å². The number of amides is 2. The zero-order valence-corrected chi connectivity index (χ0v) is 16.0. The summed E-state index contributed by atoms with van der Waals surface area (Å²) in [5.74, 6) is -1.19. The standard InChI is InChI=1S/C21H15Cl2FN2O2/c22-15-6-4-13(5-7-15)10-20(27)25-16-3-1-2-14(11-16)21(28)26-17-8-9-19(24)18(23)12-17/h1-9,11-12H,10H2,(H,25,27)(H,26,28). The van der Waals surface area contributed by atoms with Crippen molar-refractivity contribution in [1.82, 2.24) is 0 Å². The molecule has 7 heteroatoms. The van der Waals surface area contributed by atoms with Crippen molar-refractivity contribution in [3.8, 4) is 0 Å². The summed E-state index contributed by atoms with van der Waals surface area (Å²) in [6.45, 7) is 0. The van der Waals surface area contributed by atoms with Gasteiger partial charge in [0.05, 0.1) is 11.4 Å². The minimum absolute atomic E-state index is 0.0824. The Morgan fingerprint density at radius 1 is 0.857 bits per heavy atom. The molecule has 0 aliphatic carbocycles. The second-order valence-corrected chi connectivity index (χ2v) is 6.86. The van der Waals surface area contributed by atoms with Crippen molar-refractivity contribution < 1.29 is 14.0 Å². The first-order valence-corrected chi connectivity index (χ1v) is 9.07. The molecule has 0 aromatic heterocycles. The highest BCUT2D eigenvalue weighted by molar-refractivity contribution is 6.31. The molecule has 0 atom stereocenters. The lowest BCUT2D eigenvalue weighted by molar-refractivity contribution is -0.115. The Morgan fingerprint density at radius 3 is 2.29 bits per heavy atom. The third-order valence-electron chi connectivity index (χ3n) is 3.86. The first-order chi connectivity index (χ1) is 13.4. The zero-order valence-electron chi connectivity index (χ0n) is 14.5. The van der Waals surface area contributed by atoms with Crippen molar-refractivity contribution in [2.24, 2.45) is 0 Å². The first-order valence-electron chi connectivity index (χ1n) is 8.31. The lowest BCUT2D eigenvalue weighted by atomic mass is 10.1. The van der Waals surface area contributed by atoms with Gasteiger partial charge >= 0.3 is 0 Å². The molecule has 0 aliphatic rings. The molecule has 2 N–H and O–H groups in total. The number of carbonyl (C=O) groups excluding carboxylic acids is 2. The van der Waals surface area contributed by atoms with Crippen molar-refractivity contribution in [3.05, 3.63) is 93.7 Å². The fraction of sp³-hybridized carbons (Fsp3) is 0.0476. The Bertz CT molecular complexity index is 1020. The normalized spacial score (nSPS) is 10.4. The third kappa shape index (κ3) is 5.31. The van der Waals surface area contributed by atoms with Crippen molar-refractivity contribution in [1.29, 1.82) is 0 Å². The van der Waals surface area contributed by atoms with Crippen LogP contribution in [0.25, 0.3) is 0 Å². The van der Waals surface area contributed by atoms with Crippen LogP contribution in [0, 0.1) is 5.82 Å². The van der Waals surface area contributed by atoms with Crippen LogP contribution in [0.15, 0.2) is 66.7 Å². The average Bonchev–Trinajstić information content (AvgIpc) is 2.67. The second kappa shape index (κ2) is 8.87.